The molecule has 1 aliphatic rings. The lowest BCUT2D eigenvalue weighted by Crippen LogP contribution is -2.27. The summed E-state index contributed by atoms with van der Waals surface area (Å²) < 4.78 is 0. The van der Waals surface area contributed by atoms with E-state index in [1.54, 1.807) is 11.3 Å². The molecular formula is C19H24N2O2S. The van der Waals surface area contributed by atoms with Crippen LogP contribution in [0.1, 0.15) is 36.3 Å². The number of hydrogen-bond acceptors (Lipinski definition) is 4. The van der Waals surface area contributed by atoms with E-state index >= 15 is 0 Å². The van der Waals surface area contributed by atoms with Crippen LogP contribution in [0.3, 0.4) is 0 Å². The Hall–Kier alpha value is -1.72. The highest BCUT2D eigenvalue weighted by molar-refractivity contribution is 7.09. The molecule has 5 heteroatoms. The number of nitrogens with zero attached hydrogens (tertiary/aromatic N) is 1. The van der Waals surface area contributed by atoms with Gasteiger partial charge in [0.25, 0.3) is 0 Å². The highest BCUT2D eigenvalue weighted by Crippen LogP contribution is 2.25. The van der Waals surface area contributed by atoms with Crippen molar-refractivity contribution < 1.29 is 9.90 Å². The number of aryl methyl sites for hydroxylation is 2. The second-order valence-electron chi connectivity index (χ2n) is 6.45. The first-order chi connectivity index (χ1) is 11.7. The van der Waals surface area contributed by atoms with Crippen LogP contribution in [-0.2, 0) is 17.6 Å². The number of carboxylic acid groups (broad SMARTS) is 1. The Morgan fingerprint density at radius 3 is 2.67 bits per heavy atom. The summed E-state index contributed by atoms with van der Waals surface area (Å²) >= 11 is 1.75. The Bertz CT molecular complexity index is 660. The molecule has 1 fully saturated rings. The summed E-state index contributed by atoms with van der Waals surface area (Å²) in [6.07, 6.45) is 5.64. The molecular weight excluding hydrogens is 320 g/mol. The lowest BCUT2D eigenvalue weighted by Gasteiger charge is -2.21. The molecule has 0 radical (unpaired) electrons. The van der Waals surface area contributed by atoms with E-state index in [4.69, 9.17) is 10.1 Å². The van der Waals surface area contributed by atoms with E-state index in [9.17, 15) is 4.79 Å². The van der Waals surface area contributed by atoms with Crippen LogP contribution in [0.25, 0.3) is 11.3 Å². The molecule has 1 aromatic heterocycles. The maximum absolute atomic E-state index is 10.6. The van der Waals surface area contributed by atoms with E-state index in [1.165, 1.54) is 24.3 Å². The summed E-state index contributed by atoms with van der Waals surface area (Å²) in [6, 6.07) is 8.10. The van der Waals surface area contributed by atoms with Gasteiger partial charge in [0.1, 0.15) is 0 Å². The predicted molar refractivity (Wildman–Crippen MR) is 97.4 cm³/mol. The van der Waals surface area contributed by atoms with Gasteiger partial charge in [0.2, 0.25) is 0 Å². The van der Waals surface area contributed by atoms with Gasteiger partial charge < -0.3 is 10.4 Å². The van der Waals surface area contributed by atoms with Crippen molar-refractivity contribution in [3.05, 3.63) is 40.2 Å². The number of aliphatic carboxylic acids is 1. The number of benzene rings is 1. The second kappa shape index (κ2) is 8.40. The maximum atomic E-state index is 10.6. The number of piperidine rings is 1. The number of nitrogens with one attached hydrogen (secondary N) is 1. The van der Waals surface area contributed by atoms with E-state index in [0.717, 1.165) is 42.2 Å². The summed E-state index contributed by atoms with van der Waals surface area (Å²) in [6.45, 7) is 2.31. The van der Waals surface area contributed by atoms with Crippen LogP contribution in [0.2, 0.25) is 0 Å². The zero-order valence-electron chi connectivity index (χ0n) is 13.8. The number of carbonyl (C=O) groups is 1. The molecule has 2 aromatic rings. The highest BCUT2D eigenvalue weighted by atomic mass is 32.1. The fourth-order valence-corrected chi connectivity index (χ4v) is 3.97. The summed E-state index contributed by atoms with van der Waals surface area (Å²) in [5.74, 6) is 0.0871. The zero-order valence-corrected chi connectivity index (χ0v) is 14.6. The Labute approximate surface area is 146 Å². The van der Waals surface area contributed by atoms with Crippen LogP contribution in [0, 0.1) is 5.92 Å². The van der Waals surface area contributed by atoms with Crippen molar-refractivity contribution in [2.75, 3.05) is 13.1 Å². The predicted octanol–water partition coefficient (Wildman–Crippen LogP) is 3.76. The molecule has 24 heavy (non-hydrogen) atoms. The second-order valence-corrected chi connectivity index (χ2v) is 7.39. The molecule has 2 N–H and O–H groups in total. The SMILES string of the molecule is O=C(O)CCc1ccc(-c2csc(CCC3CCNCC3)n2)cc1. The molecule has 0 amide bonds. The van der Waals surface area contributed by atoms with Gasteiger partial charge in [-0.2, -0.15) is 0 Å². The monoisotopic (exact) mass is 344 g/mol. The van der Waals surface area contributed by atoms with Crippen molar-refractivity contribution in [3.63, 3.8) is 0 Å². The first-order valence-corrected chi connectivity index (χ1v) is 9.55. The summed E-state index contributed by atoms with van der Waals surface area (Å²) in [7, 11) is 0. The summed E-state index contributed by atoms with van der Waals surface area (Å²) in [4.78, 5) is 15.4. The Balaban J connectivity index is 1.55. The molecule has 2 heterocycles. The van der Waals surface area contributed by atoms with Gasteiger partial charge in [-0.1, -0.05) is 24.3 Å². The number of rotatable bonds is 7. The van der Waals surface area contributed by atoms with Gasteiger partial charge >= 0.3 is 5.97 Å². The third kappa shape index (κ3) is 4.89. The van der Waals surface area contributed by atoms with Gasteiger partial charge in [-0.05, 0) is 56.7 Å². The summed E-state index contributed by atoms with van der Waals surface area (Å²) in [5.41, 5.74) is 3.20. The average molecular weight is 344 g/mol. The zero-order chi connectivity index (χ0) is 16.8. The molecule has 0 aliphatic carbocycles. The van der Waals surface area contributed by atoms with Gasteiger partial charge in [0, 0.05) is 17.4 Å². The Morgan fingerprint density at radius 1 is 1.21 bits per heavy atom. The molecule has 0 saturated carbocycles. The molecule has 1 saturated heterocycles. The minimum Gasteiger partial charge on any atom is -0.481 e. The van der Waals surface area contributed by atoms with Gasteiger partial charge in [0.05, 0.1) is 10.7 Å². The van der Waals surface area contributed by atoms with E-state index in [2.05, 4.69) is 10.7 Å². The first-order valence-electron chi connectivity index (χ1n) is 8.67. The fourth-order valence-electron chi connectivity index (χ4n) is 3.15. The minimum absolute atomic E-state index is 0.177. The van der Waals surface area contributed by atoms with Crippen molar-refractivity contribution in [3.8, 4) is 11.3 Å². The largest absolute Gasteiger partial charge is 0.481 e. The number of carboxylic acids is 1. The van der Waals surface area contributed by atoms with E-state index in [-0.39, 0.29) is 6.42 Å². The van der Waals surface area contributed by atoms with Crippen LogP contribution >= 0.6 is 11.3 Å². The standard InChI is InChI=1S/C19H24N2O2S/c22-19(23)8-4-14-1-5-16(6-2-14)17-13-24-18(21-17)7-3-15-9-11-20-12-10-15/h1-2,5-6,13,15,20H,3-4,7-12H2,(H,22,23). The molecule has 0 bridgehead atoms. The Morgan fingerprint density at radius 2 is 1.96 bits per heavy atom. The molecule has 0 atom stereocenters. The third-order valence-corrected chi connectivity index (χ3v) is 5.56. The molecule has 0 unspecified atom stereocenters. The van der Waals surface area contributed by atoms with E-state index in [1.807, 2.05) is 24.3 Å². The van der Waals surface area contributed by atoms with Gasteiger partial charge in [-0.25, -0.2) is 4.98 Å². The average Bonchev–Trinajstić information content (AvgIpc) is 3.08. The van der Waals surface area contributed by atoms with Crippen LogP contribution in [0.15, 0.2) is 29.6 Å². The van der Waals surface area contributed by atoms with E-state index in [0.29, 0.717) is 6.42 Å². The lowest BCUT2D eigenvalue weighted by molar-refractivity contribution is -0.136. The molecule has 128 valence electrons. The molecule has 3 rings (SSSR count). The highest BCUT2D eigenvalue weighted by Gasteiger charge is 2.14. The van der Waals surface area contributed by atoms with Crippen molar-refractivity contribution in [1.82, 2.24) is 10.3 Å². The smallest absolute Gasteiger partial charge is 0.303 e. The fraction of sp³-hybridized carbons (Fsp3) is 0.474. The van der Waals surface area contributed by atoms with E-state index < -0.39 is 5.97 Å². The number of thiazole rings is 1. The van der Waals surface area contributed by atoms with Gasteiger partial charge in [-0.15, -0.1) is 11.3 Å². The third-order valence-electron chi connectivity index (χ3n) is 4.65. The topological polar surface area (TPSA) is 62.2 Å². The van der Waals surface area contributed by atoms with Gasteiger partial charge in [0.15, 0.2) is 0 Å². The van der Waals surface area contributed by atoms with Crippen molar-refractivity contribution >= 4 is 17.3 Å². The summed E-state index contributed by atoms with van der Waals surface area (Å²) in [5, 5.41) is 15.5. The first kappa shape index (κ1) is 17.1. The molecule has 1 aromatic carbocycles. The minimum atomic E-state index is -0.753. The molecule has 0 spiro atoms. The van der Waals surface area contributed by atoms with Crippen molar-refractivity contribution in [2.24, 2.45) is 5.92 Å². The molecule has 4 nitrogen and oxygen atoms in total. The normalized spacial score (nSPS) is 15.5. The number of aromatic nitrogens is 1. The van der Waals surface area contributed by atoms with Crippen LogP contribution in [-0.4, -0.2) is 29.1 Å². The van der Waals surface area contributed by atoms with Crippen molar-refractivity contribution in [1.29, 1.82) is 0 Å². The van der Waals surface area contributed by atoms with Crippen molar-refractivity contribution in [2.45, 2.75) is 38.5 Å². The maximum Gasteiger partial charge on any atom is 0.303 e. The van der Waals surface area contributed by atoms with Gasteiger partial charge in [-0.3, -0.25) is 4.79 Å². The quantitative estimate of drug-likeness (QED) is 0.803. The Kier molecular flexibility index (Phi) is 5.99. The van der Waals surface area contributed by atoms with Crippen LogP contribution in [0.5, 0.6) is 0 Å². The van der Waals surface area contributed by atoms with Crippen LogP contribution in [0.4, 0.5) is 0 Å². The molecule has 1 aliphatic heterocycles. The number of hydrogen-bond donors (Lipinski definition) is 2. The van der Waals surface area contributed by atoms with Crippen LogP contribution < -0.4 is 5.32 Å². The lowest BCUT2D eigenvalue weighted by atomic mass is 9.93.